The minimum atomic E-state index is -0.547. The van der Waals surface area contributed by atoms with Crippen LogP contribution in [0.1, 0.15) is 96.4 Å². The summed E-state index contributed by atoms with van der Waals surface area (Å²) in [7, 11) is 3.28. The SMILES string of the molecule is CC(C)(C)C1C=C(CP(C2C3CC4CC(C3)CC2C4)C2C3CC4CC(C3)CC2C4)C(C(P)(c2ccc3ccccc3n2)c2ccc3ccccc3n2)=C1. The number of rotatable bonds is 7. The highest BCUT2D eigenvalue weighted by Gasteiger charge is 2.57. The maximum atomic E-state index is 5.52. The Kier molecular flexibility index (Phi) is 8.03. The fourth-order valence-electron chi connectivity index (χ4n) is 14.1. The highest BCUT2D eigenvalue weighted by Crippen LogP contribution is 2.72. The molecule has 0 radical (unpaired) electrons. The predicted octanol–water partition coefficient (Wildman–Crippen LogP) is 12.6. The second-order valence-corrected chi connectivity index (χ2v) is 23.7. The molecule has 2 nitrogen and oxygen atoms in total. The Bertz CT molecular complexity index is 1960. The molecular formula is C49H58N2P2. The number of aromatic nitrogens is 2. The molecule has 53 heavy (non-hydrogen) atoms. The molecule has 8 fully saturated rings. The Morgan fingerprint density at radius 1 is 0.566 bits per heavy atom. The van der Waals surface area contributed by atoms with E-state index in [2.05, 4.69) is 115 Å². The number of benzene rings is 2. The topological polar surface area (TPSA) is 25.8 Å². The average Bonchev–Trinajstić information content (AvgIpc) is 3.58. The summed E-state index contributed by atoms with van der Waals surface area (Å²) >= 11 is 0. The Hall–Kier alpha value is -2.40. The first-order chi connectivity index (χ1) is 25.7. The molecular weight excluding hydrogens is 679 g/mol. The van der Waals surface area contributed by atoms with Gasteiger partial charge in [-0.25, -0.2) is 0 Å². The van der Waals surface area contributed by atoms with E-state index in [1.54, 1.807) is 69.8 Å². The lowest BCUT2D eigenvalue weighted by atomic mass is 9.55. The second kappa shape index (κ2) is 12.6. The van der Waals surface area contributed by atoms with Gasteiger partial charge in [-0.1, -0.05) is 89.4 Å². The predicted molar refractivity (Wildman–Crippen MR) is 227 cm³/mol. The molecule has 0 saturated heterocycles. The van der Waals surface area contributed by atoms with Gasteiger partial charge in [0.1, 0.15) is 0 Å². The number of fused-ring (bicyclic) bond motifs is 2. The van der Waals surface area contributed by atoms with Crippen LogP contribution in [0, 0.1) is 58.7 Å². The van der Waals surface area contributed by atoms with Gasteiger partial charge in [-0.15, -0.1) is 9.24 Å². The highest BCUT2D eigenvalue weighted by atomic mass is 31.1. The third-order valence-electron chi connectivity index (χ3n) is 16.0. The van der Waals surface area contributed by atoms with E-state index in [1.165, 1.54) is 22.5 Å². The van der Waals surface area contributed by atoms with Gasteiger partial charge in [-0.05, 0) is 170 Å². The third kappa shape index (κ3) is 5.60. The quantitative estimate of drug-likeness (QED) is 0.177. The van der Waals surface area contributed by atoms with Gasteiger partial charge in [0.15, 0.2) is 0 Å². The molecule has 8 bridgehead atoms. The van der Waals surface area contributed by atoms with Crippen molar-refractivity contribution >= 4 is 39.0 Å². The van der Waals surface area contributed by atoms with E-state index in [1.807, 2.05) is 0 Å². The van der Waals surface area contributed by atoms with Crippen LogP contribution in [0.15, 0.2) is 96.1 Å². The smallest absolute Gasteiger partial charge is 0.0933 e. The monoisotopic (exact) mass is 736 g/mol. The number of nitrogens with zero attached hydrogens (tertiary/aromatic N) is 2. The lowest BCUT2D eigenvalue weighted by Crippen LogP contribution is -2.53. The Labute approximate surface area is 321 Å². The number of hydrogen-bond donors (Lipinski definition) is 0. The van der Waals surface area contributed by atoms with Crippen molar-refractivity contribution in [1.82, 2.24) is 9.97 Å². The maximum absolute atomic E-state index is 5.52. The van der Waals surface area contributed by atoms with E-state index >= 15 is 0 Å². The molecule has 0 amide bonds. The highest BCUT2D eigenvalue weighted by molar-refractivity contribution is 7.59. The van der Waals surface area contributed by atoms with E-state index in [-0.39, 0.29) is 13.3 Å². The van der Waals surface area contributed by atoms with Gasteiger partial charge < -0.3 is 0 Å². The molecule has 8 saturated carbocycles. The Morgan fingerprint density at radius 2 is 1.00 bits per heavy atom. The zero-order chi connectivity index (χ0) is 35.6. The molecule has 9 aliphatic carbocycles. The van der Waals surface area contributed by atoms with Crippen LogP contribution in [0.2, 0.25) is 0 Å². The summed E-state index contributed by atoms with van der Waals surface area (Å²) in [4.78, 5) is 11.0. The van der Waals surface area contributed by atoms with Crippen LogP contribution in [0.4, 0.5) is 0 Å². The van der Waals surface area contributed by atoms with Gasteiger partial charge in [0.05, 0.1) is 27.6 Å². The summed E-state index contributed by atoms with van der Waals surface area (Å²) in [5.74, 6) is 8.50. The van der Waals surface area contributed by atoms with Gasteiger partial charge in [-0.2, -0.15) is 0 Å². The van der Waals surface area contributed by atoms with Gasteiger partial charge in [0.25, 0.3) is 0 Å². The third-order valence-corrected chi connectivity index (χ3v) is 20.8. The van der Waals surface area contributed by atoms with Crippen LogP contribution in [0.25, 0.3) is 21.8 Å². The van der Waals surface area contributed by atoms with Crippen LogP contribution >= 0.6 is 17.2 Å². The lowest BCUT2D eigenvalue weighted by molar-refractivity contribution is 0.0131. The summed E-state index contributed by atoms with van der Waals surface area (Å²) in [6.07, 6.45) is 22.3. The first kappa shape index (κ1) is 33.9. The Morgan fingerprint density at radius 3 is 1.43 bits per heavy atom. The fourth-order valence-corrected chi connectivity index (χ4v) is 19.4. The molecule has 0 N–H and O–H groups in total. The van der Waals surface area contributed by atoms with Crippen molar-refractivity contribution < 1.29 is 0 Å². The summed E-state index contributed by atoms with van der Waals surface area (Å²) in [5.41, 5.74) is 9.57. The largest absolute Gasteiger partial charge is 0.251 e. The minimum Gasteiger partial charge on any atom is -0.251 e. The van der Waals surface area contributed by atoms with Crippen molar-refractivity contribution in [3.8, 4) is 0 Å². The zero-order valence-electron chi connectivity index (χ0n) is 32.1. The first-order valence-electron chi connectivity index (χ1n) is 21.4. The molecule has 0 spiro atoms. The van der Waals surface area contributed by atoms with Crippen LogP contribution in [-0.2, 0) is 5.16 Å². The molecule has 2 unspecified atom stereocenters. The van der Waals surface area contributed by atoms with Gasteiger partial charge in [0.2, 0.25) is 0 Å². The van der Waals surface area contributed by atoms with Gasteiger partial charge >= 0.3 is 0 Å². The first-order valence-corrected chi connectivity index (χ1v) is 23.6. The molecule has 2 aromatic heterocycles. The van der Waals surface area contributed by atoms with E-state index in [0.717, 1.165) is 81.1 Å². The van der Waals surface area contributed by atoms with E-state index in [0.29, 0.717) is 5.92 Å². The summed E-state index contributed by atoms with van der Waals surface area (Å²) in [5, 5.41) is 1.85. The number of para-hydroxylation sites is 2. The molecule has 0 aliphatic heterocycles. The molecule has 4 heteroatoms. The lowest BCUT2D eigenvalue weighted by Gasteiger charge is -2.62. The van der Waals surface area contributed by atoms with Crippen LogP contribution < -0.4 is 0 Å². The standard InChI is InChI=1S/C49H58N2P2/c1-48(2,3)40-26-39(28-53(46-35-18-29-16-30(20-35)21-36(46)19-29)47-37-22-31-17-32(24-37)25-38(47)23-31)41(27-40)49(52,44-14-12-33-8-4-6-10-42(33)50-44)45-15-13-34-9-5-7-11-43(34)51-45/h4-15,26-27,29-32,35-38,40,46-47H,16-25,28,52H2,1-3H3. The van der Waals surface area contributed by atoms with Crippen molar-refractivity contribution in [2.45, 2.75) is 101 Å². The van der Waals surface area contributed by atoms with Gasteiger partial charge in [-0.3, -0.25) is 9.97 Å². The van der Waals surface area contributed by atoms with Crippen molar-refractivity contribution in [3.63, 3.8) is 0 Å². The van der Waals surface area contributed by atoms with Crippen LogP contribution in [0.5, 0.6) is 0 Å². The summed E-state index contributed by atoms with van der Waals surface area (Å²) < 4.78 is 0. The maximum Gasteiger partial charge on any atom is 0.0933 e. The zero-order valence-corrected chi connectivity index (χ0v) is 34.2. The summed E-state index contributed by atoms with van der Waals surface area (Å²) in [6.45, 7) is 7.37. The molecule has 2 atom stereocenters. The Balaban J connectivity index is 1.07. The summed E-state index contributed by atoms with van der Waals surface area (Å²) in [6, 6.07) is 26.5. The fraction of sp³-hybridized carbons (Fsp3) is 0.551. The van der Waals surface area contributed by atoms with E-state index in [9.17, 15) is 0 Å². The molecule has 274 valence electrons. The van der Waals surface area contributed by atoms with Gasteiger partial charge in [0, 0.05) is 16.7 Å². The van der Waals surface area contributed by atoms with Crippen molar-refractivity contribution in [1.29, 1.82) is 0 Å². The second-order valence-electron chi connectivity index (χ2n) is 20.3. The average molecular weight is 737 g/mol. The number of hydrogen-bond acceptors (Lipinski definition) is 2. The number of pyridine rings is 2. The van der Waals surface area contributed by atoms with E-state index in [4.69, 9.17) is 9.97 Å². The molecule has 13 rings (SSSR count). The normalized spacial score (nSPS) is 36.3. The van der Waals surface area contributed by atoms with Crippen molar-refractivity contribution in [3.05, 3.63) is 107 Å². The van der Waals surface area contributed by atoms with Crippen molar-refractivity contribution in [2.75, 3.05) is 6.16 Å². The van der Waals surface area contributed by atoms with Crippen molar-refractivity contribution in [2.24, 2.45) is 58.7 Å². The number of allylic oxidation sites excluding steroid dienone is 4. The van der Waals surface area contributed by atoms with Crippen LogP contribution in [-0.4, -0.2) is 27.4 Å². The molecule has 2 aromatic carbocycles. The van der Waals surface area contributed by atoms with Crippen LogP contribution in [0.3, 0.4) is 0 Å². The minimum absolute atomic E-state index is 0.139. The molecule has 9 aliphatic rings. The van der Waals surface area contributed by atoms with E-state index < -0.39 is 5.16 Å². The molecule has 4 aromatic rings. The molecule has 2 heterocycles.